The van der Waals surface area contributed by atoms with Crippen molar-refractivity contribution in [3.63, 3.8) is 0 Å². The highest BCUT2D eigenvalue weighted by Crippen LogP contribution is 2.46. The molecule has 1 fully saturated rings. The van der Waals surface area contributed by atoms with E-state index in [0.29, 0.717) is 12.0 Å². The van der Waals surface area contributed by atoms with Gasteiger partial charge in [-0.25, -0.2) is 9.97 Å². The van der Waals surface area contributed by atoms with Crippen molar-refractivity contribution in [3.8, 4) is 0 Å². The minimum Gasteiger partial charge on any atom is -0.481 e. The molecule has 0 aromatic carbocycles. The first-order chi connectivity index (χ1) is 9.06. The minimum absolute atomic E-state index is 0.0312. The average molecular weight is 277 g/mol. The van der Waals surface area contributed by atoms with Crippen LogP contribution in [-0.2, 0) is 4.79 Å². The number of aromatic nitrogens is 3. The maximum absolute atomic E-state index is 10.7. The zero-order valence-corrected chi connectivity index (χ0v) is 11.6. The van der Waals surface area contributed by atoms with Crippen LogP contribution in [0.2, 0.25) is 0 Å². The second-order valence-corrected chi connectivity index (χ2v) is 6.03. The van der Waals surface area contributed by atoms with E-state index >= 15 is 0 Å². The maximum atomic E-state index is 10.7. The maximum Gasteiger partial charge on any atom is 0.313 e. The van der Waals surface area contributed by atoms with E-state index in [9.17, 15) is 4.79 Å². The molecule has 1 saturated carbocycles. The van der Waals surface area contributed by atoms with Gasteiger partial charge in [0.15, 0.2) is 10.8 Å². The molecule has 6 heteroatoms. The van der Waals surface area contributed by atoms with E-state index in [2.05, 4.69) is 21.5 Å². The third kappa shape index (κ3) is 2.32. The number of pyridine rings is 1. The zero-order valence-electron chi connectivity index (χ0n) is 10.8. The van der Waals surface area contributed by atoms with Crippen molar-refractivity contribution in [1.29, 1.82) is 0 Å². The average Bonchev–Trinajstić information content (AvgIpc) is 2.95. The molecule has 2 atom stereocenters. The molecular formula is C13H15N3O2S. The fourth-order valence-electron chi connectivity index (χ4n) is 2.25. The standard InChI is InChI=1S/C13H15N3O2S/c1-7-3-9-12(14-5-7)16(10-4-8(10)2)13(15-9)19-6-11(17)18/h3,5,8,10H,4,6H2,1-2H3,(H,17,18). The van der Waals surface area contributed by atoms with Gasteiger partial charge >= 0.3 is 5.97 Å². The Morgan fingerprint density at radius 1 is 1.63 bits per heavy atom. The molecule has 100 valence electrons. The van der Waals surface area contributed by atoms with Crippen molar-refractivity contribution in [2.75, 3.05) is 5.75 Å². The smallest absolute Gasteiger partial charge is 0.313 e. The van der Waals surface area contributed by atoms with Gasteiger partial charge in [0.25, 0.3) is 0 Å². The first-order valence-electron chi connectivity index (χ1n) is 6.25. The molecule has 1 aliphatic carbocycles. The van der Waals surface area contributed by atoms with Crippen molar-refractivity contribution in [3.05, 3.63) is 17.8 Å². The van der Waals surface area contributed by atoms with Gasteiger partial charge in [0.2, 0.25) is 0 Å². The van der Waals surface area contributed by atoms with Crippen molar-refractivity contribution in [2.45, 2.75) is 31.5 Å². The topological polar surface area (TPSA) is 68.0 Å². The highest BCUT2D eigenvalue weighted by atomic mass is 32.2. The van der Waals surface area contributed by atoms with Gasteiger partial charge in [-0.1, -0.05) is 18.7 Å². The number of rotatable bonds is 4. The summed E-state index contributed by atoms with van der Waals surface area (Å²) in [5, 5.41) is 9.59. The first-order valence-corrected chi connectivity index (χ1v) is 7.24. The number of imidazole rings is 1. The molecule has 2 aromatic heterocycles. The number of aryl methyl sites for hydroxylation is 1. The van der Waals surface area contributed by atoms with E-state index in [-0.39, 0.29) is 5.75 Å². The number of carboxylic acid groups (broad SMARTS) is 1. The number of carboxylic acids is 1. The first kappa shape index (κ1) is 12.5. The van der Waals surface area contributed by atoms with Crippen LogP contribution in [0.3, 0.4) is 0 Å². The normalized spacial score (nSPS) is 21.8. The molecule has 3 rings (SSSR count). The van der Waals surface area contributed by atoms with Crippen LogP contribution < -0.4 is 0 Å². The SMILES string of the molecule is Cc1cnc2c(c1)nc(SCC(=O)O)n2C1CC1C. The summed E-state index contributed by atoms with van der Waals surface area (Å²) in [6, 6.07) is 2.41. The molecule has 2 unspecified atom stereocenters. The van der Waals surface area contributed by atoms with Crippen LogP contribution in [0.5, 0.6) is 0 Å². The molecule has 2 aromatic rings. The Kier molecular flexibility index (Phi) is 2.97. The van der Waals surface area contributed by atoms with Gasteiger partial charge in [0.1, 0.15) is 5.52 Å². The predicted octanol–water partition coefficient (Wildman–Crippen LogP) is 2.50. The van der Waals surface area contributed by atoms with Gasteiger partial charge in [-0.15, -0.1) is 0 Å². The molecule has 0 saturated heterocycles. The summed E-state index contributed by atoms with van der Waals surface area (Å²) in [6.45, 7) is 4.17. The molecule has 1 aliphatic rings. The lowest BCUT2D eigenvalue weighted by Crippen LogP contribution is -2.03. The molecule has 19 heavy (non-hydrogen) atoms. The number of hydrogen-bond acceptors (Lipinski definition) is 4. The van der Waals surface area contributed by atoms with Gasteiger partial charge in [-0.3, -0.25) is 4.79 Å². The van der Waals surface area contributed by atoms with Gasteiger partial charge in [0, 0.05) is 12.2 Å². The van der Waals surface area contributed by atoms with Crippen LogP contribution in [0.15, 0.2) is 17.4 Å². The highest BCUT2D eigenvalue weighted by Gasteiger charge is 2.37. The Balaban J connectivity index is 2.05. The van der Waals surface area contributed by atoms with E-state index in [1.54, 1.807) is 0 Å². The molecule has 0 spiro atoms. The van der Waals surface area contributed by atoms with Gasteiger partial charge in [-0.2, -0.15) is 0 Å². The van der Waals surface area contributed by atoms with E-state index in [4.69, 9.17) is 5.11 Å². The van der Waals surface area contributed by atoms with Gasteiger partial charge in [0.05, 0.1) is 5.75 Å². The van der Waals surface area contributed by atoms with Crippen LogP contribution in [0.25, 0.3) is 11.2 Å². The van der Waals surface area contributed by atoms with Crippen molar-refractivity contribution in [2.24, 2.45) is 5.92 Å². The Morgan fingerprint density at radius 2 is 2.37 bits per heavy atom. The lowest BCUT2D eigenvalue weighted by atomic mass is 10.3. The minimum atomic E-state index is -0.823. The summed E-state index contributed by atoms with van der Waals surface area (Å²) in [7, 11) is 0. The number of fused-ring (bicyclic) bond motifs is 1. The molecule has 5 nitrogen and oxygen atoms in total. The number of aliphatic carboxylic acids is 1. The fourth-order valence-corrected chi connectivity index (χ4v) is 3.03. The van der Waals surface area contributed by atoms with E-state index < -0.39 is 5.97 Å². The van der Waals surface area contributed by atoms with Crippen LogP contribution in [-0.4, -0.2) is 31.4 Å². The van der Waals surface area contributed by atoms with E-state index in [0.717, 1.165) is 28.3 Å². The van der Waals surface area contributed by atoms with Crippen LogP contribution in [0.4, 0.5) is 0 Å². The number of hydrogen-bond donors (Lipinski definition) is 1. The summed E-state index contributed by atoms with van der Waals surface area (Å²) in [6.07, 6.45) is 2.95. The molecule has 0 radical (unpaired) electrons. The Bertz CT molecular complexity index is 653. The molecule has 0 aliphatic heterocycles. The zero-order chi connectivity index (χ0) is 13.6. The number of thioether (sulfide) groups is 1. The van der Waals surface area contributed by atoms with Crippen molar-refractivity contribution >= 4 is 28.9 Å². The van der Waals surface area contributed by atoms with Crippen molar-refractivity contribution in [1.82, 2.24) is 14.5 Å². The molecular weight excluding hydrogens is 262 g/mol. The lowest BCUT2D eigenvalue weighted by molar-refractivity contribution is -0.133. The second-order valence-electron chi connectivity index (χ2n) is 5.08. The quantitative estimate of drug-likeness (QED) is 0.870. The Hall–Kier alpha value is -1.56. The lowest BCUT2D eigenvalue weighted by Gasteiger charge is -2.06. The Morgan fingerprint density at radius 3 is 3.00 bits per heavy atom. The summed E-state index contributed by atoms with van der Waals surface area (Å²) in [4.78, 5) is 19.7. The summed E-state index contributed by atoms with van der Waals surface area (Å²) in [5.74, 6) is -0.176. The van der Waals surface area contributed by atoms with E-state index in [1.807, 2.05) is 19.2 Å². The number of nitrogens with zero attached hydrogens (tertiary/aromatic N) is 3. The third-order valence-electron chi connectivity index (χ3n) is 3.36. The second kappa shape index (κ2) is 4.52. The van der Waals surface area contributed by atoms with Crippen molar-refractivity contribution < 1.29 is 9.90 Å². The molecule has 2 heterocycles. The molecule has 0 bridgehead atoms. The van der Waals surface area contributed by atoms with Crippen LogP contribution >= 0.6 is 11.8 Å². The van der Waals surface area contributed by atoms with Gasteiger partial charge in [-0.05, 0) is 30.9 Å². The summed E-state index contributed by atoms with van der Waals surface area (Å²) in [5.41, 5.74) is 2.79. The predicted molar refractivity (Wildman–Crippen MR) is 73.4 cm³/mol. The summed E-state index contributed by atoms with van der Waals surface area (Å²) < 4.78 is 2.10. The van der Waals surface area contributed by atoms with E-state index in [1.165, 1.54) is 11.8 Å². The monoisotopic (exact) mass is 277 g/mol. The molecule has 0 amide bonds. The number of carbonyl (C=O) groups is 1. The largest absolute Gasteiger partial charge is 0.481 e. The van der Waals surface area contributed by atoms with Gasteiger partial charge < -0.3 is 9.67 Å². The molecule has 1 N–H and O–H groups in total. The fraction of sp³-hybridized carbons (Fsp3) is 0.462. The third-order valence-corrected chi connectivity index (χ3v) is 4.30. The highest BCUT2D eigenvalue weighted by molar-refractivity contribution is 7.99. The Labute approximate surface area is 115 Å². The van der Waals surface area contributed by atoms with Crippen LogP contribution in [0.1, 0.15) is 24.9 Å². The van der Waals surface area contributed by atoms with Crippen LogP contribution in [0, 0.1) is 12.8 Å². The summed E-state index contributed by atoms with van der Waals surface area (Å²) >= 11 is 1.27.